The number of alkyl halides is 1. The number of nitrogens with zero attached hydrogens (tertiary/aromatic N) is 1. The number of esters is 1. The standard InChI is InChI=1S/C11H14ClFN2O3/c1-3-18-11(17)7-5-14-9(12)4-8(7)15-6(2)10(13)16/h4-6,10,16H,3H2,1-2H3,(H,14,15). The molecule has 0 amide bonds. The summed E-state index contributed by atoms with van der Waals surface area (Å²) < 4.78 is 17.5. The van der Waals surface area contributed by atoms with Crippen LogP contribution in [-0.2, 0) is 4.74 Å². The maximum absolute atomic E-state index is 12.7. The minimum atomic E-state index is -2.06. The van der Waals surface area contributed by atoms with E-state index in [2.05, 4.69) is 10.3 Å². The zero-order valence-electron chi connectivity index (χ0n) is 9.98. The number of hydrogen-bond acceptors (Lipinski definition) is 5. The van der Waals surface area contributed by atoms with Gasteiger partial charge in [0.1, 0.15) is 10.7 Å². The van der Waals surface area contributed by atoms with E-state index in [0.29, 0.717) is 0 Å². The van der Waals surface area contributed by atoms with E-state index in [1.165, 1.54) is 19.2 Å². The number of carbonyl (C=O) groups is 1. The largest absolute Gasteiger partial charge is 0.462 e. The van der Waals surface area contributed by atoms with Crippen molar-refractivity contribution in [1.82, 2.24) is 4.98 Å². The van der Waals surface area contributed by atoms with Gasteiger partial charge >= 0.3 is 5.97 Å². The van der Waals surface area contributed by atoms with Crippen LogP contribution in [0.15, 0.2) is 12.3 Å². The van der Waals surface area contributed by atoms with Crippen molar-refractivity contribution < 1.29 is 19.0 Å². The number of hydrogen-bond donors (Lipinski definition) is 2. The number of halogens is 2. The van der Waals surface area contributed by atoms with Crippen LogP contribution in [0.1, 0.15) is 24.2 Å². The molecule has 2 unspecified atom stereocenters. The summed E-state index contributed by atoms with van der Waals surface area (Å²) in [6.45, 7) is 3.30. The number of carbonyl (C=O) groups excluding carboxylic acids is 1. The molecule has 0 aliphatic rings. The van der Waals surface area contributed by atoms with Crippen molar-refractivity contribution in [3.8, 4) is 0 Å². The van der Waals surface area contributed by atoms with Crippen molar-refractivity contribution in [1.29, 1.82) is 0 Å². The molecule has 0 spiro atoms. The Morgan fingerprint density at radius 2 is 2.39 bits per heavy atom. The van der Waals surface area contributed by atoms with Gasteiger partial charge in [-0.3, -0.25) is 0 Å². The van der Waals surface area contributed by atoms with Crippen LogP contribution in [0.2, 0.25) is 5.15 Å². The number of rotatable bonds is 5. The topological polar surface area (TPSA) is 71.5 Å². The van der Waals surface area contributed by atoms with Gasteiger partial charge in [-0.2, -0.15) is 0 Å². The van der Waals surface area contributed by atoms with E-state index < -0.39 is 18.4 Å². The SMILES string of the molecule is CCOC(=O)c1cnc(Cl)cc1NC(C)C(O)F. The Kier molecular flexibility index (Phi) is 5.30. The number of pyridine rings is 1. The molecule has 0 aromatic carbocycles. The van der Waals surface area contributed by atoms with E-state index in [-0.39, 0.29) is 23.0 Å². The highest BCUT2D eigenvalue weighted by Gasteiger charge is 2.18. The third-order valence-corrected chi connectivity index (χ3v) is 2.37. The summed E-state index contributed by atoms with van der Waals surface area (Å²) in [5.74, 6) is -0.593. The molecule has 5 nitrogen and oxygen atoms in total. The maximum Gasteiger partial charge on any atom is 0.341 e. The first kappa shape index (κ1) is 14.7. The molecule has 0 saturated carbocycles. The number of ether oxygens (including phenoxy) is 1. The van der Waals surface area contributed by atoms with Gasteiger partial charge in [-0.05, 0) is 19.9 Å². The summed E-state index contributed by atoms with van der Waals surface area (Å²) >= 11 is 5.70. The third-order valence-electron chi connectivity index (χ3n) is 2.16. The minimum Gasteiger partial charge on any atom is -0.462 e. The fraction of sp³-hybridized carbons (Fsp3) is 0.455. The highest BCUT2D eigenvalue weighted by atomic mass is 35.5. The molecular weight excluding hydrogens is 263 g/mol. The first-order valence-corrected chi connectivity index (χ1v) is 5.74. The monoisotopic (exact) mass is 276 g/mol. The zero-order valence-corrected chi connectivity index (χ0v) is 10.7. The quantitative estimate of drug-likeness (QED) is 0.636. The van der Waals surface area contributed by atoms with E-state index in [1.807, 2.05) is 0 Å². The molecular formula is C11H14ClFN2O3. The number of anilines is 1. The van der Waals surface area contributed by atoms with Crippen LogP contribution in [0.5, 0.6) is 0 Å². The second-order valence-corrected chi connectivity index (χ2v) is 3.97. The summed E-state index contributed by atoms with van der Waals surface area (Å²) in [6, 6.07) is 0.476. The fourth-order valence-electron chi connectivity index (χ4n) is 1.23. The van der Waals surface area contributed by atoms with Gasteiger partial charge in [-0.1, -0.05) is 11.6 Å². The van der Waals surface area contributed by atoms with E-state index in [9.17, 15) is 9.18 Å². The summed E-state index contributed by atoms with van der Waals surface area (Å²) in [5.41, 5.74) is 0.395. The predicted octanol–water partition coefficient (Wildman–Crippen LogP) is 2.00. The van der Waals surface area contributed by atoms with Crippen LogP contribution < -0.4 is 5.32 Å². The van der Waals surface area contributed by atoms with Crippen molar-refractivity contribution in [2.75, 3.05) is 11.9 Å². The average molecular weight is 277 g/mol. The van der Waals surface area contributed by atoms with Gasteiger partial charge in [0.2, 0.25) is 6.36 Å². The van der Waals surface area contributed by atoms with Crippen molar-refractivity contribution >= 4 is 23.3 Å². The number of aliphatic hydroxyl groups is 1. The minimum absolute atomic E-state index is 0.133. The molecule has 100 valence electrons. The Balaban J connectivity index is 3.00. The number of nitrogens with one attached hydrogen (secondary N) is 1. The lowest BCUT2D eigenvalue weighted by atomic mass is 10.2. The molecule has 1 heterocycles. The second-order valence-electron chi connectivity index (χ2n) is 3.58. The Labute approximate surface area is 109 Å². The van der Waals surface area contributed by atoms with Gasteiger partial charge in [-0.25, -0.2) is 14.2 Å². The highest BCUT2D eigenvalue weighted by Crippen LogP contribution is 2.21. The molecule has 1 aromatic heterocycles. The third kappa shape index (κ3) is 3.82. The van der Waals surface area contributed by atoms with Crippen molar-refractivity contribution in [3.05, 3.63) is 23.0 Å². The van der Waals surface area contributed by atoms with Gasteiger partial charge < -0.3 is 15.2 Å². The van der Waals surface area contributed by atoms with Gasteiger partial charge in [-0.15, -0.1) is 0 Å². The summed E-state index contributed by atoms with van der Waals surface area (Å²) in [5, 5.41) is 11.6. The molecule has 7 heteroatoms. The molecule has 0 aliphatic heterocycles. The van der Waals surface area contributed by atoms with Crippen LogP contribution >= 0.6 is 11.6 Å². The number of aromatic nitrogens is 1. The molecule has 2 atom stereocenters. The summed E-state index contributed by atoms with van der Waals surface area (Å²) in [6.07, 6.45) is -0.827. The average Bonchev–Trinajstić information content (AvgIpc) is 2.29. The number of aliphatic hydroxyl groups excluding tert-OH is 1. The summed E-state index contributed by atoms with van der Waals surface area (Å²) in [4.78, 5) is 15.4. The zero-order chi connectivity index (χ0) is 13.7. The summed E-state index contributed by atoms with van der Waals surface area (Å²) in [7, 11) is 0. The van der Waals surface area contributed by atoms with E-state index in [1.54, 1.807) is 6.92 Å². The molecule has 0 aliphatic carbocycles. The maximum atomic E-state index is 12.7. The van der Waals surface area contributed by atoms with Gasteiger partial charge in [0.25, 0.3) is 0 Å². The highest BCUT2D eigenvalue weighted by molar-refractivity contribution is 6.29. The Hall–Kier alpha value is -1.40. The molecule has 18 heavy (non-hydrogen) atoms. The van der Waals surface area contributed by atoms with Gasteiger partial charge in [0, 0.05) is 6.20 Å². The first-order valence-electron chi connectivity index (χ1n) is 5.37. The lowest BCUT2D eigenvalue weighted by molar-refractivity contribution is 0.0293. The lowest BCUT2D eigenvalue weighted by Crippen LogP contribution is -2.28. The smallest absolute Gasteiger partial charge is 0.341 e. The van der Waals surface area contributed by atoms with E-state index in [4.69, 9.17) is 21.4 Å². The first-order chi connectivity index (χ1) is 8.45. The van der Waals surface area contributed by atoms with Gasteiger partial charge in [0.05, 0.1) is 18.3 Å². The molecule has 0 fully saturated rings. The van der Waals surface area contributed by atoms with Crippen LogP contribution in [0.4, 0.5) is 10.1 Å². The molecule has 1 aromatic rings. The van der Waals surface area contributed by atoms with Crippen LogP contribution in [0.25, 0.3) is 0 Å². The lowest BCUT2D eigenvalue weighted by Gasteiger charge is -2.17. The fourth-order valence-corrected chi connectivity index (χ4v) is 1.39. The molecule has 0 bridgehead atoms. The van der Waals surface area contributed by atoms with E-state index in [0.717, 1.165) is 0 Å². The van der Waals surface area contributed by atoms with Crippen LogP contribution in [-0.4, -0.2) is 35.1 Å². The molecule has 1 rings (SSSR count). The van der Waals surface area contributed by atoms with E-state index >= 15 is 0 Å². The Morgan fingerprint density at radius 1 is 1.72 bits per heavy atom. The van der Waals surface area contributed by atoms with Crippen molar-refractivity contribution in [2.24, 2.45) is 0 Å². The normalized spacial score (nSPS) is 13.8. The van der Waals surface area contributed by atoms with Crippen molar-refractivity contribution in [2.45, 2.75) is 26.2 Å². The second kappa shape index (κ2) is 6.51. The van der Waals surface area contributed by atoms with Gasteiger partial charge in [0.15, 0.2) is 0 Å². The molecule has 2 N–H and O–H groups in total. The van der Waals surface area contributed by atoms with Crippen LogP contribution in [0.3, 0.4) is 0 Å². The Morgan fingerprint density at radius 3 is 2.94 bits per heavy atom. The van der Waals surface area contributed by atoms with Crippen LogP contribution in [0, 0.1) is 0 Å². The Bertz CT molecular complexity index is 429. The molecule has 0 saturated heterocycles. The van der Waals surface area contributed by atoms with Crippen molar-refractivity contribution in [3.63, 3.8) is 0 Å². The molecule has 0 radical (unpaired) electrons. The predicted molar refractivity (Wildman–Crippen MR) is 65.4 cm³/mol.